The lowest BCUT2D eigenvalue weighted by Gasteiger charge is -2.29. The molecule has 1 aliphatic rings. The summed E-state index contributed by atoms with van der Waals surface area (Å²) in [5.41, 5.74) is 0.255. The summed E-state index contributed by atoms with van der Waals surface area (Å²) in [5.74, 6) is 1.45. The van der Waals surface area contributed by atoms with E-state index in [0.717, 1.165) is 11.3 Å². The molecular formula is C12H14N2O2. The van der Waals surface area contributed by atoms with Gasteiger partial charge in [0.15, 0.2) is 11.5 Å². The van der Waals surface area contributed by atoms with E-state index in [4.69, 9.17) is 9.47 Å². The molecule has 2 rings (SSSR count). The summed E-state index contributed by atoms with van der Waals surface area (Å²) >= 11 is 0. The van der Waals surface area contributed by atoms with E-state index in [1.165, 1.54) is 0 Å². The Morgan fingerprint density at radius 1 is 1.31 bits per heavy atom. The van der Waals surface area contributed by atoms with Gasteiger partial charge in [-0.2, -0.15) is 5.26 Å². The molecule has 0 saturated heterocycles. The molecule has 1 aromatic rings. The van der Waals surface area contributed by atoms with Crippen LogP contribution in [0.1, 0.15) is 12.5 Å². The Morgan fingerprint density at radius 3 is 2.62 bits per heavy atom. The van der Waals surface area contributed by atoms with E-state index in [2.05, 4.69) is 6.07 Å². The van der Waals surface area contributed by atoms with E-state index in [0.29, 0.717) is 5.75 Å². The fraction of sp³-hybridized carbons (Fsp3) is 0.417. The van der Waals surface area contributed by atoms with Gasteiger partial charge in [-0.15, -0.1) is 0 Å². The van der Waals surface area contributed by atoms with Crippen molar-refractivity contribution >= 4 is 0 Å². The summed E-state index contributed by atoms with van der Waals surface area (Å²) in [4.78, 5) is 1.88. The van der Waals surface area contributed by atoms with Gasteiger partial charge in [0, 0.05) is 0 Å². The molecule has 0 spiro atoms. The number of ether oxygens (including phenoxy) is 2. The maximum Gasteiger partial charge on any atom is 0.231 e. The van der Waals surface area contributed by atoms with Gasteiger partial charge in [-0.1, -0.05) is 6.07 Å². The van der Waals surface area contributed by atoms with Gasteiger partial charge in [0.2, 0.25) is 6.79 Å². The quantitative estimate of drug-likeness (QED) is 0.758. The van der Waals surface area contributed by atoms with Gasteiger partial charge in [-0.05, 0) is 38.7 Å². The fourth-order valence-electron chi connectivity index (χ4n) is 1.62. The highest BCUT2D eigenvalue weighted by Gasteiger charge is 2.30. The highest BCUT2D eigenvalue weighted by atomic mass is 16.7. The molecule has 16 heavy (non-hydrogen) atoms. The smallest absolute Gasteiger partial charge is 0.231 e. The third-order valence-corrected chi connectivity index (χ3v) is 3.05. The summed E-state index contributed by atoms with van der Waals surface area (Å²) in [6.45, 7) is 2.13. The summed E-state index contributed by atoms with van der Waals surface area (Å²) in [7, 11) is 3.77. The van der Waals surface area contributed by atoms with Gasteiger partial charge in [-0.25, -0.2) is 0 Å². The molecule has 84 valence electrons. The van der Waals surface area contributed by atoms with Crippen molar-refractivity contribution in [1.82, 2.24) is 4.90 Å². The molecule has 0 saturated carbocycles. The molecule has 0 N–H and O–H groups in total. The van der Waals surface area contributed by atoms with Crippen molar-refractivity contribution in [2.24, 2.45) is 0 Å². The third kappa shape index (κ3) is 1.50. The van der Waals surface area contributed by atoms with E-state index in [1.807, 2.05) is 44.1 Å². The van der Waals surface area contributed by atoms with Crippen molar-refractivity contribution in [2.75, 3.05) is 20.9 Å². The van der Waals surface area contributed by atoms with Crippen molar-refractivity contribution in [3.05, 3.63) is 23.8 Å². The zero-order valence-corrected chi connectivity index (χ0v) is 9.65. The average molecular weight is 218 g/mol. The van der Waals surface area contributed by atoms with Crippen LogP contribution in [-0.2, 0) is 5.54 Å². The Kier molecular flexibility index (Phi) is 2.49. The highest BCUT2D eigenvalue weighted by Crippen LogP contribution is 2.36. The standard InChI is InChI=1S/C12H14N2O2/c1-12(7-13,14(2)3)9-4-5-10-11(6-9)16-8-15-10/h4-6H,8H2,1-3H3. The number of nitrogens with zero attached hydrogens (tertiary/aromatic N) is 2. The first-order chi connectivity index (χ1) is 7.58. The largest absolute Gasteiger partial charge is 0.454 e. The van der Waals surface area contributed by atoms with E-state index in [9.17, 15) is 5.26 Å². The predicted octanol–water partition coefficient (Wildman–Crippen LogP) is 1.72. The molecule has 0 aliphatic carbocycles. The summed E-state index contributed by atoms with van der Waals surface area (Å²) < 4.78 is 10.5. The minimum Gasteiger partial charge on any atom is -0.454 e. The lowest BCUT2D eigenvalue weighted by molar-refractivity contribution is 0.173. The van der Waals surface area contributed by atoms with Gasteiger partial charge in [0.05, 0.1) is 6.07 Å². The fourth-order valence-corrected chi connectivity index (χ4v) is 1.62. The number of nitriles is 1. The Morgan fingerprint density at radius 2 is 2.00 bits per heavy atom. The Balaban J connectivity index is 2.45. The van der Waals surface area contributed by atoms with Gasteiger partial charge in [0.1, 0.15) is 5.54 Å². The van der Waals surface area contributed by atoms with E-state index in [1.54, 1.807) is 0 Å². The molecule has 0 fully saturated rings. The first-order valence-electron chi connectivity index (χ1n) is 5.07. The van der Waals surface area contributed by atoms with Crippen LogP contribution in [0.4, 0.5) is 0 Å². The highest BCUT2D eigenvalue weighted by molar-refractivity contribution is 5.47. The van der Waals surface area contributed by atoms with Crippen LogP contribution in [0.15, 0.2) is 18.2 Å². The minimum absolute atomic E-state index is 0.254. The van der Waals surface area contributed by atoms with Crippen LogP contribution >= 0.6 is 0 Å². The second-order valence-corrected chi connectivity index (χ2v) is 4.15. The van der Waals surface area contributed by atoms with Crippen molar-refractivity contribution in [2.45, 2.75) is 12.5 Å². The molecule has 1 heterocycles. The number of rotatable bonds is 2. The van der Waals surface area contributed by atoms with Crippen LogP contribution in [0.5, 0.6) is 11.5 Å². The van der Waals surface area contributed by atoms with Gasteiger partial charge in [-0.3, -0.25) is 4.90 Å². The number of benzene rings is 1. The van der Waals surface area contributed by atoms with E-state index < -0.39 is 5.54 Å². The Labute approximate surface area is 95.0 Å². The average Bonchev–Trinajstić information content (AvgIpc) is 2.74. The topological polar surface area (TPSA) is 45.5 Å². The van der Waals surface area contributed by atoms with Crippen molar-refractivity contribution in [3.63, 3.8) is 0 Å². The first kappa shape index (κ1) is 10.8. The molecule has 1 atom stereocenters. The zero-order chi connectivity index (χ0) is 11.8. The van der Waals surface area contributed by atoms with Crippen LogP contribution in [0.25, 0.3) is 0 Å². The van der Waals surface area contributed by atoms with Gasteiger partial charge >= 0.3 is 0 Å². The zero-order valence-electron chi connectivity index (χ0n) is 9.65. The van der Waals surface area contributed by atoms with Crippen LogP contribution < -0.4 is 9.47 Å². The SMILES string of the molecule is CN(C)C(C)(C#N)c1ccc2c(c1)OCO2. The summed E-state index contributed by atoms with van der Waals surface area (Å²) in [6.07, 6.45) is 0. The number of fused-ring (bicyclic) bond motifs is 1. The van der Waals surface area contributed by atoms with Crippen molar-refractivity contribution in [3.8, 4) is 17.6 Å². The molecule has 1 aromatic carbocycles. The second-order valence-electron chi connectivity index (χ2n) is 4.15. The third-order valence-electron chi connectivity index (χ3n) is 3.05. The summed E-state index contributed by atoms with van der Waals surface area (Å²) in [6, 6.07) is 7.93. The van der Waals surface area contributed by atoms with Gasteiger partial charge < -0.3 is 9.47 Å². The van der Waals surface area contributed by atoms with Crippen LogP contribution in [0.2, 0.25) is 0 Å². The molecule has 1 unspecified atom stereocenters. The number of hydrogen-bond donors (Lipinski definition) is 0. The van der Waals surface area contributed by atoms with Crippen molar-refractivity contribution < 1.29 is 9.47 Å². The van der Waals surface area contributed by atoms with E-state index >= 15 is 0 Å². The molecule has 4 heteroatoms. The summed E-state index contributed by atoms with van der Waals surface area (Å²) in [5, 5.41) is 9.29. The first-order valence-corrected chi connectivity index (χ1v) is 5.07. The molecule has 0 bridgehead atoms. The normalized spacial score (nSPS) is 16.9. The van der Waals surface area contributed by atoms with Crippen LogP contribution in [0, 0.1) is 11.3 Å². The maximum atomic E-state index is 9.29. The van der Waals surface area contributed by atoms with Crippen molar-refractivity contribution in [1.29, 1.82) is 5.26 Å². The molecule has 4 nitrogen and oxygen atoms in total. The molecule has 0 aromatic heterocycles. The Hall–Kier alpha value is -1.73. The molecule has 1 aliphatic heterocycles. The van der Waals surface area contributed by atoms with Crippen LogP contribution in [0.3, 0.4) is 0 Å². The second kappa shape index (κ2) is 3.69. The van der Waals surface area contributed by atoms with Crippen LogP contribution in [-0.4, -0.2) is 25.8 Å². The lowest BCUT2D eigenvalue weighted by Crippen LogP contribution is -2.36. The molecule has 0 amide bonds. The lowest BCUT2D eigenvalue weighted by atomic mass is 9.92. The maximum absolute atomic E-state index is 9.29. The monoisotopic (exact) mass is 218 g/mol. The minimum atomic E-state index is -0.652. The Bertz CT molecular complexity index is 451. The predicted molar refractivity (Wildman–Crippen MR) is 59.2 cm³/mol. The van der Waals surface area contributed by atoms with Gasteiger partial charge in [0.25, 0.3) is 0 Å². The van der Waals surface area contributed by atoms with E-state index in [-0.39, 0.29) is 6.79 Å². The number of hydrogen-bond acceptors (Lipinski definition) is 4. The molecule has 0 radical (unpaired) electrons. The molecular weight excluding hydrogens is 204 g/mol.